The van der Waals surface area contributed by atoms with Gasteiger partial charge in [-0.15, -0.1) is 0 Å². The Balaban J connectivity index is 1.32. The van der Waals surface area contributed by atoms with Crippen molar-refractivity contribution >= 4 is 19.7 Å². The summed E-state index contributed by atoms with van der Waals surface area (Å²) in [5.41, 5.74) is 10.8. The van der Waals surface area contributed by atoms with Crippen LogP contribution in [0.4, 0.5) is 17.6 Å². The maximum absolute atomic E-state index is 15.0. The predicted molar refractivity (Wildman–Crippen MR) is 196 cm³/mol. The van der Waals surface area contributed by atoms with Crippen LogP contribution in [0.1, 0.15) is 24.1 Å². The normalized spacial score (nSPS) is 16.7. The summed E-state index contributed by atoms with van der Waals surface area (Å²) in [4.78, 5) is 0. The molecular weight excluding hydrogens is 663 g/mol. The van der Waals surface area contributed by atoms with E-state index in [1.807, 2.05) is 24.3 Å². The highest BCUT2D eigenvalue weighted by atomic mass is 28.4. The molecule has 0 fully saturated rings. The molecule has 1 atom stereocenters. The summed E-state index contributed by atoms with van der Waals surface area (Å²) in [5.74, 6) is -1.27. The topological polar surface area (TPSA) is 14.8 Å². The molecule has 3 nitrogen and oxygen atoms in total. The Bertz CT molecular complexity index is 2530. The zero-order chi connectivity index (χ0) is 34.4. The molecule has 3 aliphatic rings. The van der Waals surface area contributed by atoms with Gasteiger partial charge in [0.25, 0.3) is 0 Å². The Kier molecular flexibility index (Phi) is 6.51. The predicted octanol–water partition coefficient (Wildman–Crippen LogP) is 11.2. The second kappa shape index (κ2) is 11.1. The number of benzene rings is 4. The molecule has 7 aromatic rings. The Morgan fingerprint density at radius 2 is 0.824 bits per heavy atom. The number of halogens is 4. The third-order valence-electron chi connectivity index (χ3n) is 10.8. The van der Waals surface area contributed by atoms with Crippen LogP contribution in [0.3, 0.4) is 0 Å². The largest absolute Gasteiger partial charge is 0.401 e. The molecular formula is C43H29F4N3Si. The summed E-state index contributed by atoms with van der Waals surface area (Å²) >= 11 is 0. The molecule has 0 radical (unpaired) electrons. The van der Waals surface area contributed by atoms with Crippen molar-refractivity contribution < 1.29 is 17.6 Å². The van der Waals surface area contributed by atoms with Crippen molar-refractivity contribution in [3.8, 4) is 45.2 Å². The van der Waals surface area contributed by atoms with Gasteiger partial charge in [-0.1, -0.05) is 60.7 Å². The molecule has 0 saturated carbocycles. The lowest BCUT2D eigenvalue weighted by Crippen LogP contribution is -2.57. The van der Waals surface area contributed by atoms with Crippen molar-refractivity contribution in [3.63, 3.8) is 0 Å². The minimum Gasteiger partial charge on any atom is -0.332 e. The number of hydrogen-bond donors (Lipinski definition) is 0. The zero-order valence-electron chi connectivity index (χ0n) is 27.2. The van der Waals surface area contributed by atoms with E-state index in [0.717, 1.165) is 74.0 Å². The fraction of sp³-hybridized carbons (Fsp3) is 0.0698. The Morgan fingerprint density at radius 1 is 0.431 bits per heavy atom. The van der Waals surface area contributed by atoms with Gasteiger partial charge in [-0.05, 0) is 114 Å². The van der Waals surface area contributed by atoms with Gasteiger partial charge in [0.05, 0.1) is 11.4 Å². The molecule has 4 aromatic carbocycles. The lowest BCUT2D eigenvalue weighted by Gasteiger charge is -2.37. The maximum Gasteiger partial charge on any atom is 0.401 e. The minimum atomic E-state index is -3.44. The monoisotopic (exact) mass is 691 g/mol. The molecule has 0 N–H and O–H groups in total. The third-order valence-corrected chi connectivity index (χ3v) is 15.7. The standard InChI is InChI=1S/C43H29F4N3Si/c44-32-9-1-5-28(23-32)27-13-15-36-40-19-16-37(29-6-2-10-33(45)24-29)48(40)51(43(36)22-14-27)49-38(30-7-3-11-34(46)25-30)17-20-41(49)42-21-18-39(50(42)51)31-8-4-12-35(47)26-31/h1-13,15-21,23-26,43H,14,22H2. The van der Waals surface area contributed by atoms with Gasteiger partial charge in [0.2, 0.25) is 0 Å². The van der Waals surface area contributed by atoms with Gasteiger partial charge in [-0.3, -0.25) is 0 Å². The fourth-order valence-electron chi connectivity index (χ4n) is 8.83. The van der Waals surface area contributed by atoms with Crippen LogP contribution in [0.15, 0.2) is 146 Å². The molecule has 10 rings (SSSR count). The van der Waals surface area contributed by atoms with E-state index >= 15 is 0 Å². The average molecular weight is 692 g/mol. The van der Waals surface area contributed by atoms with Crippen molar-refractivity contribution in [2.45, 2.75) is 18.4 Å². The van der Waals surface area contributed by atoms with Crippen LogP contribution in [0.5, 0.6) is 0 Å². The number of nitrogens with zero attached hydrogens (tertiary/aromatic N) is 3. The number of fused-ring (bicyclic) bond motifs is 10. The highest BCUT2D eigenvalue weighted by molar-refractivity contribution is 6.83. The molecule has 0 bridgehead atoms. The van der Waals surface area contributed by atoms with Crippen molar-refractivity contribution in [3.05, 3.63) is 180 Å². The summed E-state index contributed by atoms with van der Waals surface area (Å²) in [6.45, 7) is 0. The average Bonchev–Trinajstić information content (AvgIpc) is 3.92. The Hall–Kier alpha value is -5.86. The van der Waals surface area contributed by atoms with Gasteiger partial charge < -0.3 is 12.7 Å². The summed E-state index contributed by atoms with van der Waals surface area (Å²) in [6, 6.07) is 39.3. The van der Waals surface area contributed by atoms with Crippen molar-refractivity contribution in [1.82, 2.24) is 12.7 Å². The van der Waals surface area contributed by atoms with Crippen LogP contribution < -0.4 is 0 Å². The summed E-state index contributed by atoms with van der Waals surface area (Å²) in [6.07, 6.45) is 5.70. The van der Waals surface area contributed by atoms with E-state index in [2.05, 4.69) is 61.2 Å². The van der Waals surface area contributed by atoms with Crippen molar-refractivity contribution in [2.75, 3.05) is 0 Å². The number of rotatable bonds is 4. The molecule has 5 heterocycles. The first-order valence-electron chi connectivity index (χ1n) is 17.0. The van der Waals surface area contributed by atoms with Gasteiger partial charge in [-0.25, -0.2) is 17.6 Å². The summed E-state index contributed by atoms with van der Waals surface area (Å²) in [7, 11) is -3.44. The van der Waals surface area contributed by atoms with E-state index in [4.69, 9.17) is 0 Å². The van der Waals surface area contributed by atoms with Gasteiger partial charge in [0.15, 0.2) is 0 Å². The Morgan fingerprint density at radius 3 is 1.29 bits per heavy atom. The fourth-order valence-corrected chi connectivity index (χ4v) is 14.9. The van der Waals surface area contributed by atoms with Crippen molar-refractivity contribution in [1.29, 1.82) is 0 Å². The van der Waals surface area contributed by atoms with Gasteiger partial charge in [0.1, 0.15) is 23.3 Å². The summed E-state index contributed by atoms with van der Waals surface area (Å²) in [5, 5.41) is 0. The number of allylic oxidation sites excluding steroid dienone is 4. The lowest BCUT2D eigenvalue weighted by atomic mass is 10.0. The van der Waals surface area contributed by atoms with Gasteiger partial charge in [-0.2, -0.15) is 0 Å². The van der Waals surface area contributed by atoms with Gasteiger partial charge >= 0.3 is 8.56 Å². The Labute approximate surface area is 292 Å². The maximum atomic E-state index is 15.0. The highest BCUT2D eigenvalue weighted by Crippen LogP contribution is 2.59. The molecule has 1 unspecified atom stereocenters. The van der Waals surface area contributed by atoms with Crippen LogP contribution in [-0.4, -0.2) is 21.3 Å². The van der Waals surface area contributed by atoms with Gasteiger partial charge in [0, 0.05) is 45.0 Å². The van der Waals surface area contributed by atoms with Crippen LogP contribution >= 0.6 is 0 Å². The van der Waals surface area contributed by atoms with Crippen LogP contribution in [0, 0.1) is 23.3 Å². The highest BCUT2D eigenvalue weighted by Gasteiger charge is 2.63. The second-order valence-corrected chi connectivity index (χ2v) is 16.9. The molecule has 8 heteroatoms. The molecule has 2 aliphatic heterocycles. The zero-order valence-corrected chi connectivity index (χ0v) is 28.2. The van der Waals surface area contributed by atoms with E-state index in [1.165, 1.54) is 24.3 Å². The van der Waals surface area contributed by atoms with E-state index in [-0.39, 0.29) is 28.8 Å². The molecule has 0 amide bonds. The van der Waals surface area contributed by atoms with Crippen molar-refractivity contribution in [2.24, 2.45) is 0 Å². The molecule has 1 spiro atoms. The minimum absolute atomic E-state index is 0.0669. The van der Waals surface area contributed by atoms with Crippen LogP contribution in [0.25, 0.3) is 56.3 Å². The van der Waals surface area contributed by atoms with E-state index in [9.17, 15) is 17.6 Å². The lowest BCUT2D eigenvalue weighted by molar-refractivity contribution is 0.627. The molecule has 0 saturated heterocycles. The second-order valence-electron chi connectivity index (χ2n) is 13.5. The SMILES string of the molecule is Fc1cccc(C2=CC=C3c4ccc(-c5cccc(F)c5)n4[Si]4(C3CC2)n2c(-c3cccc(F)c3)ccc2-c2ccc(-c3cccc(F)c3)n24)c1. The first kappa shape index (κ1) is 30.0. The molecule has 248 valence electrons. The first-order valence-corrected chi connectivity index (χ1v) is 19.0. The van der Waals surface area contributed by atoms with E-state index in [1.54, 1.807) is 48.5 Å². The van der Waals surface area contributed by atoms with E-state index < -0.39 is 8.56 Å². The smallest absolute Gasteiger partial charge is 0.332 e. The molecule has 51 heavy (non-hydrogen) atoms. The third kappa shape index (κ3) is 4.29. The van der Waals surface area contributed by atoms with Crippen LogP contribution in [-0.2, 0) is 0 Å². The molecule has 3 aromatic heterocycles. The summed E-state index contributed by atoms with van der Waals surface area (Å²) < 4.78 is 66.7. The van der Waals surface area contributed by atoms with E-state index in [0.29, 0.717) is 6.42 Å². The number of aromatic nitrogens is 3. The van der Waals surface area contributed by atoms with Crippen LogP contribution in [0.2, 0.25) is 5.54 Å². The first-order chi connectivity index (χ1) is 24.9. The molecule has 1 aliphatic carbocycles. The quantitative estimate of drug-likeness (QED) is 0.129. The number of hydrogen-bond acceptors (Lipinski definition) is 0.